The summed E-state index contributed by atoms with van der Waals surface area (Å²) in [5.41, 5.74) is 8.27. The van der Waals surface area contributed by atoms with Gasteiger partial charge in [0.2, 0.25) is 0 Å². The number of nitrogen functional groups attached to an aromatic ring is 1. The molecule has 20 heavy (non-hydrogen) atoms. The minimum absolute atomic E-state index is 0.0667. The second-order valence-corrected chi connectivity index (χ2v) is 5.91. The maximum atomic E-state index is 13.2. The number of halogens is 1. The summed E-state index contributed by atoms with van der Waals surface area (Å²) in [7, 11) is 0. The highest BCUT2D eigenvalue weighted by Crippen LogP contribution is 2.26. The lowest BCUT2D eigenvalue weighted by Crippen LogP contribution is -2.11. The van der Waals surface area contributed by atoms with Crippen molar-refractivity contribution >= 4 is 5.69 Å². The molecule has 0 unspecified atom stereocenters. The number of hydrogen-bond donors (Lipinski definition) is 1. The fourth-order valence-electron chi connectivity index (χ4n) is 1.91. The Morgan fingerprint density at radius 2 is 1.85 bits per heavy atom. The molecular weight excluding hydrogens is 253 g/mol. The van der Waals surface area contributed by atoms with E-state index in [9.17, 15) is 4.39 Å². The zero-order chi connectivity index (χ0) is 14.8. The van der Waals surface area contributed by atoms with Gasteiger partial charge in [-0.1, -0.05) is 32.9 Å². The SMILES string of the molecule is CC(C)(C)c1cccc(OCc2cc(F)ccc2N)c1. The summed E-state index contributed by atoms with van der Waals surface area (Å²) in [6.45, 7) is 6.71. The highest BCUT2D eigenvalue weighted by atomic mass is 19.1. The number of anilines is 1. The van der Waals surface area contributed by atoms with Crippen molar-refractivity contribution < 1.29 is 9.13 Å². The average Bonchev–Trinajstić information content (AvgIpc) is 2.39. The number of ether oxygens (including phenoxy) is 1. The van der Waals surface area contributed by atoms with E-state index in [1.807, 2.05) is 18.2 Å². The summed E-state index contributed by atoms with van der Waals surface area (Å²) in [6, 6.07) is 12.2. The first kappa shape index (κ1) is 14.4. The molecule has 2 N–H and O–H groups in total. The summed E-state index contributed by atoms with van der Waals surface area (Å²) in [6.07, 6.45) is 0. The van der Waals surface area contributed by atoms with Gasteiger partial charge in [-0.05, 0) is 41.3 Å². The molecule has 0 spiro atoms. The standard InChI is InChI=1S/C17H20FNO/c1-17(2,3)13-5-4-6-15(10-13)20-11-12-9-14(18)7-8-16(12)19/h4-10H,11,19H2,1-3H3. The minimum Gasteiger partial charge on any atom is -0.489 e. The molecule has 0 bridgehead atoms. The van der Waals surface area contributed by atoms with Crippen molar-refractivity contribution in [1.29, 1.82) is 0 Å². The zero-order valence-electron chi connectivity index (χ0n) is 12.1. The quantitative estimate of drug-likeness (QED) is 0.847. The predicted molar refractivity (Wildman–Crippen MR) is 80.3 cm³/mol. The van der Waals surface area contributed by atoms with Crippen LogP contribution in [0.1, 0.15) is 31.9 Å². The summed E-state index contributed by atoms with van der Waals surface area (Å²) < 4.78 is 18.9. The van der Waals surface area contributed by atoms with Gasteiger partial charge in [0.15, 0.2) is 0 Å². The Hall–Kier alpha value is -2.03. The number of hydrogen-bond acceptors (Lipinski definition) is 2. The van der Waals surface area contributed by atoms with Gasteiger partial charge in [0.1, 0.15) is 18.2 Å². The van der Waals surface area contributed by atoms with Crippen LogP contribution in [0, 0.1) is 5.82 Å². The van der Waals surface area contributed by atoms with Crippen molar-refractivity contribution in [2.75, 3.05) is 5.73 Å². The van der Waals surface area contributed by atoms with Crippen LogP contribution in [-0.4, -0.2) is 0 Å². The molecule has 2 aromatic carbocycles. The Morgan fingerprint density at radius 3 is 2.55 bits per heavy atom. The normalized spacial score (nSPS) is 11.4. The van der Waals surface area contributed by atoms with Crippen molar-refractivity contribution in [2.45, 2.75) is 32.8 Å². The minimum atomic E-state index is -0.304. The van der Waals surface area contributed by atoms with Crippen LogP contribution >= 0.6 is 0 Å². The van der Waals surface area contributed by atoms with Gasteiger partial charge < -0.3 is 10.5 Å². The zero-order valence-corrected chi connectivity index (χ0v) is 12.1. The summed E-state index contributed by atoms with van der Waals surface area (Å²) in [5, 5.41) is 0. The largest absolute Gasteiger partial charge is 0.489 e. The molecule has 0 saturated heterocycles. The Bertz CT molecular complexity index is 602. The maximum Gasteiger partial charge on any atom is 0.123 e. The molecule has 0 aliphatic carbocycles. The van der Waals surface area contributed by atoms with E-state index >= 15 is 0 Å². The molecule has 2 rings (SSSR count). The van der Waals surface area contributed by atoms with Gasteiger partial charge in [-0.15, -0.1) is 0 Å². The van der Waals surface area contributed by atoms with Crippen molar-refractivity contribution in [3.63, 3.8) is 0 Å². The third-order valence-electron chi connectivity index (χ3n) is 3.20. The molecule has 3 heteroatoms. The van der Waals surface area contributed by atoms with E-state index < -0.39 is 0 Å². The smallest absolute Gasteiger partial charge is 0.123 e. The summed E-state index contributed by atoms with van der Waals surface area (Å²) in [4.78, 5) is 0. The van der Waals surface area contributed by atoms with Crippen molar-refractivity contribution in [3.8, 4) is 5.75 Å². The van der Waals surface area contributed by atoms with E-state index in [2.05, 4.69) is 26.8 Å². The van der Waals surface area contributed by atoms with Gasteiger partial charge in [0.05, 0.1) is 0 Å². The lowest BCUT2D eigenvalue weighted by atomic mass is 9.87. The molecule has 0 heterocycles. The van der Waals surface area contributed by atoms with E-state index in [4.69, 9.17) is 10.5 Å². The molecule has 106 valence electrons. The van der Waals surface area contributed by atoms with E-state index in [1.165, 1.54) is 17.7 Å². The topological polar surface area (TPSA) is 35.2 Å². The van der Waals surface area contributed by atoms with Gasteiger partial charge in [0.25, 0.3) is 0 Å². The van der Waals surface area contributed by atoms with Crippen molar-refractivity contribution in [3.05, 3.63) is 59.4 Å². The van der Waals surface area contributed by atoms with Crippen LogP contribution < -0.4 is 10.5 Å². The highest BCUT2D eigenvalue weighted by molar-refractivity contribution is 5.46. The molecule has 2 nitrogen and oxygen atoms in total. The maximum absolute atomic E-state index is 13.2. The predicted octanol–water partition coefficient (Wildman–Crippen LogP) is 4.28. The second kappa shape index (κ2) is 5.53. The molecule has 0 amide bonds. The van der Waals surface area contributed by atoms with Crippen LogP contribution in [0.5, 0.6) is 5.75 Å². The third-order valence-corrected chi connectivity index (χ3v) is 3.20. The van der Waals surface area contributed by atoms with Crippen LogP contribution in [0.4, 0.5) is 10.1 Å². The second-order valence-electron chi connectivity index (χ2n) is 5.91. The Balaban J connectivity index is 2.13. The molecule has 0 saturated carbocycles. The van der Waals surface area contributed by atoms with Gasteiger partial charge in [-0.25, -0.2) is 4.39 Å². The van der Waals surface area contributed by atoms with E-state index in [-0.39, 0.29) is 17.8 Å². The first-order chi connectivity index (χ1) is 9.36. The molecule has 0 atom stereocenters. The molecular formula is C17H20FNO. The van der Waals surface area contributed by atoms with Gasteiger partial charge in [0, 0.05) is 11.3 Å². The number of rotatable bonds is 3. The Labute approximate surface area is 119 Å². The van der Waals surface area contributed by atoms with Gasteiger partial charge in [-0.2, -0.15) is 0 Å². The van der Waals surface area contributed by atoms with Gasteiger partial charge in [-0.3, -0.25) is 0 Å². The molecule has 0 fully saturated rings. The van der Waals surface area contributed by atoms with Crippen LogP contribution in [0.2, 0.25) is 0 Å². The van der Waals surface area contributed by atoms with Crippen LogP contribution in [-0.2, 0) is 12.0 Å². The molecule has 2 aromatic rings. The fraction of sp³-hybridized carbons (Fsp3) is 0.294. The number of benzene rings is 2. The lowest BCUT2D eigenvalue weighted by molar-refractivity contribution is 0.305. The van der Waals surface area contributed by atoms with Crippen LogP contribution in [0.3, 0.4) is 0 Å². The lowest BCUT2D eigenvalue weighted by Gasteiger charge is -2.20. The Kier molecular flexibility index (Phi) is 3.98. The molecule has 0 radical (unpaired) electrons. The van der Waals surface area contributed by atoms with Crippen LogP contribution in [0.25, 0.3) is 0 Å². The van der Waals surface area contributed by atoms with E-state index in [1.54, 1.807) is 6.07 Å². The summed E-state index contributed by atoms with van der Waals surface area (Å²) in [5.74, 6) is 0.460. The van der Waals surface area contributed by atoms with Crippen molar-refractivity contribution in [2.24, 2.45) is 0 Å². The first-order valence-corrected chi connectivity index (χ1v) is 6.63. The molecule has 0 aliphatic rings. The molecule has 0 aliphatic heterocycles. The summed E-state index contributed by atoms with van der Waals surface area (Å²) >= 11 is 0. The molecule has 0 aromatic heterocycles. The fourth-order valence-corrected chi connectivity index (χ4v) is 1.91. The first-order valence-electron chi connectivity index (χ1n) is 6.63. The number of nitrogens with two attached hydrogens (primary N) is 1. The Morgan fingerprint density at radius 1 is 1.10 bits per heavy atom. The van der Waals surface area contributed by atoms with Crippen molar-refractivity contribution in [1.82, 2.24) is 0 Å². The van der Waals surface area contributed by atoms with Crippen LogP contribution in [0.15, 0.2) is 42.5 Å². The van der Waals surface area contributed by atoms with E-state index in [0.717, 1.165) is 5.75 Å². The third kappa shape index (κ3) is 3.50. The van der Waals surface area contributed by atoms with Gasteiger partial charge >= 0.3 is 0 Å². The highest BCUT2D eigenvalue weighted by Gasteiger charge is 2.14. The average molecular weight is 273 g/mol. The monoisotopic (exact) mass is 273 g/mol. The van der Waals surface area contributed by atoms with E-state index in [0.29, 0.717) is 11.3 Å².